The van der Waals surface area contributed by atoms with Crippen LogP contribution >= 0.6 is 11.6 Å². The molecule has 0 fully saturated rings. The largest absolute Gasteiger partial charge is 0.496 e. The van der Waals surface area contributed by atoms with Gasteiger partial charge in [0.25, 0.3) is 0 Å². The molecule has 0 saturated carbocycles. The zero-order valence-electron chi connectivity index (χ0n) is 11.1. The van der Waals surface area contributed by atoms with Gasteiger partial charge in [0.2, 0.25) is 11.6 Å². The SMILES string of the molecule is COc1ccccc1C(=O)C(=O)c1ccc(C)cc1Cl. The molecule has 102 valence electrons. The maximum absolute atomic E-state index is 12.3. The number of benzene rings is 2. The van der Waals surface area contributed by atoms with Crippen molar-refractivity contribution in [3.63, 3.8) is 0 Å². The zero-order valence-corrected chi connectivity index (χ0v) is 11.9. The van der Waals surface area contributed by atoms with E-state index in [9.17, 15) is 9.59 Å². The van der Waals surface area contributed by atoms with E-state index >= 15 is 0 Å². The van der Waals surface area contributed by atoms with Gasteiger partial charge in [0.15, 0.2) is 0 Å². The zero-order chi connectivity index (χ0) is 14.7. The molecule has 0 bridgehead atoms. The van der Waals surface area contributed by atoms with Crippen LogP contribution in [0.4, 0.5) is 0 Å². The lowest BCUT2D eigenvalue weighted by Crippen LogP contribution is -2.16. The van der Waals surface area contributed by atoms with Crippen LogP contribution in [0, 0.1) is 6.92 Å². The van der Waals surface area contributed by atoms with Crippen LogP contribution in [-0.4, -0.2) is 18.7 Å². The standard InChI is InChI=1S/C16H13ClO3/c1-10-7-8-11(13(17)9-10)15(18)16(19)12-5-3-4-6-14(12)20-2/h3-9H,1-2H3. The Morgan fingerprint density at radius 2 is 1.65 bits per heavy atom. The number of methoxy groups -OCH3 is 1. The number of carbonyl (C=O) groups excluding carboxylic acids is 2. The molecule has 2 aromatic carbocycles. The summed E-state index contributed by atoms with van der Waals surface area (Å²) in [5, 5.41) is 0.276. The topological polar surface area (TPSA) is 43.4 Å². The van der Waals surface area contributed by atoms with Gasteiger partial charge in [0, 0.05) is 5.56 Å². The molecule has 3 nitrogen and oxygen atoms in total. The van der Waals surface area contributed by atoms with Crippen molar-refractivity contribution in [1.29, 1.82) is 0 Å². The Morgan fingerprint density at radius 3 is 2.30 bits per heavy atom. The van der Waals surface area contributed by atoms with Gasteiger partial charge in [-0.2, -0.15) is 0 Å². The van der Waals surface area contributed by atoms with Gasteiger partial charge in [0.1, 0.15) is 5.75 Å². The Kier molecular flexibility index (Phi) is 4.20. The van der Waals surface area contributed by atoms with E-state index in [0.717, 1.165) is 5.56 Å². The molecule has 0 aliphatic carbocycles. The van der Waals surface area contributed by atoms with Gasteiger partial charge in [-0.25, -0.2) is 0 Å². The Labute approximate surface area is 122 Å². The molecule has 0 radical (unpaired) electrons. The summed E-state index contributed by atoms with van der Waals surface area (Å²) in [6, 6.07) is 11.6. The average molecular weight is 289 g/mol. The van der Waals surface area contributed by atoms with Crippen LogP contribution in [0.2, 0.25) is 5.02 Å². The molecule has 4 heteroatoms. The predicted octanol–water partition coefficient (Wildman–Crippen LogP) is 3.72. The number of hydrogen-bond donors (Lipinski definition) is 0. The van der Waals surface area contributed by atoms with Crippen molar-refractivity contribution in [3.8, 4) is 5.75 Å². The first kappa shape index (κ1) is 14.3. The van der Waals surface area contributed by atoms with Crippen LogP contribution in [0.3, 0.4) is 0 Å². The summed E-state index contributed by atoms with van der Waals surface area (Å²) in [6.45, 7) is 1.86. The van der Waals surface area contributed by atoms with Crippen LogP contribution in [0.1, 0.15) is 26.3 Å². The summed E-state index contributed by atoms with van der Waals surface area (Å²) < 4.78 is 5.10. The molecular weight excluding hydrogens is 276 g/mol. The van der Waals surface area contributed by atoms with Crippen LogP contribution in [-0.2, 0) is 0 Å². The van der Waals surface area contributed by atoms with E-state index in [2.05, 4.69) is 0 Å². The number of hydrogen-bond acceptors (Lipinski definition) is 3. The van der Waals surface area contributed by atoms with Crippen molar-refractivity contribution in [2.75, 3.05) is 7.11 Å². The fourth-order valence-electron chi connectivity index (χ4n) is 1.88. The van der Waals surface area contributed by atoms with Gasteiger partial charge >= 0.3 is 0 Å². The molecule has 0 spiro atoms. The van der Waals surface area contributed by atoms with E-state index in [1.165, 1.54) is 7.11 Å². The third kappa shape index (κ3) is 2.73. The van der Waals surface area contributed by atoms with Crippen molar-refractivity contribution < 1.29 is 14.3 Å². The first-order valence-electron chi connectivity index (χ1n) is 6.02. The third-order valence-corrected chi connectivity index (χ3v) is 3.24. The molecular formula is C16H13ClO3. The first-order valence-corrected chi connectivity index (χ1v) is 6.40. The second-order valence-corrected chi connectivity index (χ2v) is 4.75. The highest BCUT2D eigenvalue weighted by atomic mass is 35.5. The van der Waals surface area contributed by atoms with Crippen molar-refractivity contribution in [2.24, 2.45) is 0 Å². The van der Waals surface area contributed by atoms with Crippen LogP contribution in [0.25, 0.3) is 0 Å². The minimum atomic E-state index is -0.639. The number of rotatable bonds is 4. The van der Waals surface area contributed by atoms with E-state index < -0.39 is 11.6 Å². The molecule has 0 aliphatic rings. The van der Waals surface area contributed by atoms with E-state index in [-0.39, 0.29) is 16.1 Å². The number of ketones is 2. The summed E-state index contributed by atoms with van der Waals surface area (Å²) >= 11 is 6.03. The minimum Gasteiger partial charge on any atom is -0.496 e. The molecule has 2 rings (SSSR count). The molecule has 0 heterocycles. The van der Waals surface area contributed by atoms with Crippen LogP contribution in [0.5, 0.6) is 5.75 Å². The van der Waals surface area contributed by atoms with Crippen molar-refractivity contribution >= 4 is 23.2 Å². The highest BCUT2D eigenvalue weighted by molar-refractivity contribution is 6.52. The van der Waals surface area contributed by atoms with Gasteiger partial charge in [-0.05, 0) is 36.8 Å². The highest BCUT2D eigenvalue weighted by Gasteiger charge is 2.23. The van der Waals surface area contributed by atoms with Crippen LogP contribution < -0.4 is 4.74 Å². The number of ether oxygens (including phenoxy) is 1. The molecule has 20 heavy (non-hydrogen) atoms. The van der Waals surface area contributed by atoms with Crippen molar-refractivity contribution in [1.82, 2.24) is 0 Å². The maximum atomic E-state index is 12.3. The molecule has 0 saturated heterocycles. The quantitative estimate of drug-likeness (QED) is 0.636. The normalized spacial score (nSPS) is 10.2. The summed E-state index contributed by atoms with van der Waals surface area (Å²) in [7, 11) is 1.45. The molecule has 0 N–H and O–H groups in total. The summed E-state index contributed by atoms with van der Waals surface area (Å²) in [6.07, 6.45) is 0. The number of halogens is 1. The molecule has 0 unspecified atom stereocenters. The second kappa shape index (κ2) is 5.88. The van der Waals surface area contributed by atoms with Crippen molar-refractivity contribution in [3.05, 3.63) is 64.2 Å². The predicted molar refractivity (Wildman–Crippen MR) is 77.8 cm³/mol. The van der Waals surface area contributed by atoms with Crippen molar-refractivity contribution in [2.45, 2.75) is 6.92 Å². The maximum Gasteiger partial charge on any atom is 0.237 e. The first-order chi connectivity index (χ1) is 9.54. The summed E-state index contributed by atoms with van der Waals surface area (Å²) in [4.78, 5) is 24.5. The minimum absolute atomic E-state index is 0.202. The third-order valence-electron chi connectivity index (χ3n) is 2.93. The van der Waals surface area contributed by atoms with Crippen LogP contribution in [0.15, 0.2) is 42.5 Å². The highest BCUT2D eigenvalue weighted by Crippen LogP contribution is 2.23. The molecule has 0 aromatic heterocycles. The number of para-hydroxylation sites is 1. The van der Waals surface area contributed by atoms with Gasteiger partial charge in [-0.3, -0.25) is 9.59 Å². The van der Waals surface area contributed by atoms with Gasteiger partial charge in [0.05, 0.1) is 17.7 Å². The number of Topliss-reactive ketones (excluding diaryl/α,β-unsaturated/α-hetero) is 2. The molecule has 0 amide bonds. The Bertz CT molecular complexity index is 677. The number of aryl methyl sites for hydroxylation is 1. The Hall–Kier alpha value is -2.13. The summed E-state index contributed by atoms with van der Waals surface area (Å²) in [5.41, 5.74) is 1.36. The lowest BCUT2D eigenvalue weighted by atomic mass is 10.00. The monoisotopic (exact) mass is 288 g/mol. The second-order valence-electron chi connectivity index (χ2n) is 4.34. The Morgan fingerprint density at radius 1 is 1.00 bits per heavy atom. The fraction of sp³-hybridized carbons (Fsp3) is 0.125. The fourth-order valence-corrected chi connectivity index (χ4v) is 2.20. The Balaban J connectivity index is 2.40. The smallest absolute Gasteiger partial charge is 0.237 e. The van der Waals surface area contributed by atoms with Gasteiger partial charge in [-0.15, -0.1) is 0 Å². The average Bonchev–Trinajstić information content (AvgIpc) is 2.45. The lowest BCUT2D eigenvalue weighted by molar-refractivity contribution is 0.0815. The van der Waals surface area contributed by atoms with E-state index in [4.69, 9.17) is 16.3 Å². The van der Waals surface area contributed by atoms with E-state index in [1.54, 1.807) is 42.5 Å². The van der Waals surface area contributed by atoms with Gasteiger partial charge in [-0.1, -0.05) is 29.8 Å². The van der Waals surface area contributed by atoms with E-state index in [0.29, 0.717) is 5.75 Å². The number of carbonyl (C=O) groups is 2. The lowest BCUT2D eigenvalue weighted by Gasteiger charge is -2.07. The molecule has 0 atom stereocenters. The van der Waals surface area contributed by atoms with E-state index in [1.807, 2.05) is 6.92 Å². The molecule has 0 aliphatic heterocycles. The van der Waals surface area contributed by atoms with Gasteiger partial charge < -0.3 is 4.74 Å². The molecule has 2 aromatic rings. The summed E-state index contributed by atoms with van der Waals surface area (Å²) in [5.74, 6) is -0.901.